The maximum absolute atomic E-state index is 12.2. The number of anilines is 2. The lowest BCUT2D eigenvalue weighted by Crippen LogP contribution is -2.37. The number of carbonyl (C=O) groups is 3. The van der Waals surface area contributed by atoms with Crippen molar-refractivity contribution in [1.82, 2.24) is 5.32 Å². The minimum absolute atomic E-state index is 0.0617. The van der Waals surface area contributed by atoms with Gasteiger partial charge in [-0.3, -0.25) is 9.59 Å². The van der Waals surface area contributed by atoms with Gasteiger partial charge in [-0.2, -0.15) is 0 Å². The van der Waals surface area contributed by atoms with E-state index in [1.165, 1.54) is 24.3 Å². The summed E-state index contributed by atoms with van der Waals surface area (Å²) in [6.45, 7) is 4.85. The highest BCUT2D eigenvalue weighted by Crippen LogP contribution is 2.35. The number of benzene rings is 2. The molecule has 30 heavy (non-hydrogen) atoms. The fourth-order valence-corrected chi connectivity index (χ4v) is 2.25. The highest BCUT2D eigenvalue weighted by Gasteiger charge is 2.17. The smallest absolute Gasteiger partial charge is 0.408 e. The molecule has 160 valence electrons. The average Bonchev–Trinajstić information content (AvgIpc) is 2.64. The molecule has 2 rings (SSSR count). The lowest BCUT2D eigenvalue weighted by atomic mass is 10.1. The Balaban J connectivity index is 1.90. The average molecular weight is 417 g/mol. The topological polar surface area (TPSA) is 157 Å². The van der Waals surface area contributed by atoms with Crippen molar-refractivity contribution in [3.8, 4) is 17.2 Å². The van der Waals surface area contributed by atoms with Crippen LogP contribution in [0.1, 0.15) is 31.1 Å². The van der Waals surface area contributed by atoms with Gasteiger partial charge in [0.15, 0.2) is 17.2 Å². The van der Waals surface area contributed by atoms with E-state index >= 15 is 0 Å². The van der Waals surface area contributed by atoms with Gasteiger partial charge in [-0.05, 0) is 57.2 Å². The van der Waals surface area contributed by atoms with Crippen LogP contribution in [0, 0.1) is 0 Å². The molecule has 0 aliphatic rings. The minimum Gasteiger partial charge on any atom is -0.504 e. The number of alkyl carbamates (subject to hydrolysis) is 1. The molecule has 0 atom stereocenters. The zero-order valence-electron chi connectivity index (χ0n) is 16.6. The van der Waals surface area contributed by atoms with Crippen molar-refractivity contribution in [3.63, 3.8) is 0 Å². The van der Waals surface area contributed by atoms with Crippen LogP contribution in [0.2, 0.25) is 0 Å². The number of rotatable bonds is 5. The zero-order valence-corrected chi connectivity index (χ0v) is 16.6. The Kier molecular flexibility index (Phi) is 6.73. The predicted octanol–water partition coefficient (Wildman–Crippen LogP) is 2.52. The largest absolute Gasteiger partial charge is 0.504 e. The van der Waals surface area contributed by atoms with Crippen LogP contribution in [0.3, 0.4) is 0 Å². The van der Waals surface area contributed by atoms with Crippen LogP contribution in [0.5, 0.6) is 17.2 Å². The normalized spacial score (nSPS) is 10.8. The number of phenolic OH excluding ortho intramolecular Hbond substituents is 3. The molecule has 0 aliphatic heterocycles. The van der Waals surface area contributed by atoms with Crippen LogP contribution in [-0.2, 0) is 9.53 Å². The molecule has 2 aromatic carbocycles. The van der Waals surface area contributed by atoms with E-state index in [1.54, 1.807) is 20.8 Å². The first kappa shape index (κ1) is 22.3. The molecule has 6 N–H and O–H groups in total. The Morgan fingerprint density at radius 3 is 1.90 bits per heavy atom. The van der Waals surface area contributed by atoms with E-state index in [1.807, 2.05) is 0 Å². The molecular weight excluding hydrogens is 394 g/mol. The molecule has 0 aliphatic carbocycles. The standard InChI is InChI=1S/C20H23N3O7/c1-20(2,3)30-19(29)21-10-16(26)22-12-4-6-13(7-5-12)23-18(28)11-8-14(24)17(27)15(25)9-11/h4-9,24-25,27H,10H2,1-3H3,(H,21,29)(H,22,26)(H,23,28). The van der Waals surface area contributed by atoms with Crippen molar-refractivity contribution in [2.45, 2.75) is 26.4 Å². The molecule has 0 unspecified atom stereocenters. The summed E-state index contributed by atoms with van der Waals surface area (Å²) in [5, 5.41) is 35.8. The molecule has 0 heterocycles. The SMILES string of the molecule is CC(C)(C)OC(=O)NCC(=O)Nc1ccc(NC(=O)c2cc(O)c(O)c(O)c2)cc1. The summed E-state index contributed by atoms with van der Waals surface area (Å²) in [6.07, 6.45) is -0.706. The molecule has 0 bridgehead atoms. The van der Waals surface area contributed by atoms with Crippen LogP contribution in [0.15, 0.2) is 36.4 Å². The first-order valence-electron chi connectivity index (χ1n) is 8.87. The third kappa shape index (κ3) is 6.59. The van der Waals surface area contributed by atoms with Crippen molar-refractivity contribution < 1.29 is 34.4 Å². The predicted molar refractivity (Wildman–Crippen MR) is 109 cm³/mol. The second-order valence-electron chi connectivity index (χ2n) is 7.30. The highest BCUT2D eigenvalue weighted by atomic mass is 16.6. The van der Waals surface area contributed by atoms with Crippen molar-refractivity contribution >= 4 is 29.3 Å². The summed E-state index contributed by atoms with van der Waals surface area (Å²) in [6, 6.07) is 8.14. The molecule has 0 spiro atoms. The number of phenols is 3. The molecule has 0 saturated carbocycles. The van der Waals surface area contributed by atoms with Crippen LogP contribution < -0.4 is 16.0 Å². The van der Waals surface area contributed by atoms with E-state index in [0.29, 0.717) is 11.4 Å². The Morgan fingerprint density at radius 1 is 0.900 bits per heavy atom. The van der Waals surface area contributed by atoms with Crippen molar-refractivity contribution in [2.24, 2.45) is 0 Å². The second-order valence-corrected chi connectivity index (χ2v) is 7.30. The molecule has 10 nitrogen and oxygen atoms in total. The second kappa shape index (κ2) is 9.03. The summed E-state index contributed by atoms with van der Waals surface area (Å²) in [5.74, 6) is -3.06. The monoisotopic (exact) mass is 417 g/mol. The summed E-state index contributed by atoms with van der Waals surface area (Å²) in [5.41, 5.74) is 0.0904. The third-order valence-corrected chi connectivity index (χ3v) is 3.55. The summed E-state index contributed by atoms with van der Waals surface area (Å²) in [4.78, 5) is 35.6. The van der Waals surface area contributed by atoms with Gasteiger partial charge < -0.3 is 36.0 Å². The van der Waals surface area contributed by atoms with Crippen molar-refractivity contribution in [3.05, 3.63) is 42.0 Å². The third-order valence-electron chi connectivity index (χ3n) is 3.55. The number of nitrogens with one attached hydrogen (secondary N) is 3. The van der Waals surface area contributed by atoms with Crippen LogP contribution in [0.25, 0.3) is 0 Å². The molecule has 0 saturated heterocycles. The van der Waals surface area contributed by atoms with Crippen LogP contribution in [0.4, 0.5) is 16.2 Å². The fraction of sp³-hybridized carbons (Fsp3) is 0.250. The van der Waals surface area contributed by atoms with Crippen LogP contribution >= 0.6 is 0 Å². The number of hydrogen-bond acceptors (Lipinski definition) is 7. The lowest BCUT2D eigenvalue weighted by molar-refractivity contribution is -0.115. The summed E-state index contributed by atoms with van der Waals surface area (Å²) in [7, 11) is 0. The van der Waals surface area contributed by atoms with E-state index < -0.39 is 40.8 Å². The highest BCUT2D eigenvalue weighted by molar-refractivity contribution is 6.05. The quantitative estimate of drug-likeness (QED) is 0.408. The Bertz CT molecular complexity index is 927. The Morgan fingerprint density at radius 2 is 1.40 bits per heavy atom. The molecular formula is C20H23N3O7. The Hall–Kier alpha value is -3.95. The van der Waals surface area contributed by atoms with E-state index in [0.717, 1.165) is 12.1 Å². The zero-order chi connectivity index (χ0) is 22.5. The fourth-order valence-electron chi connectivity index (χ4n) is 2.25. The van der Waals surface area contributed by atoms with Gasteiger partial charge in [-0.15, -0.1) is 0 Å². The van der Waals surface area contributed by atoms with Crippen molar-refractivity contribution in [1.29, 1.82) is 0 Å². The van der Waals surface area contributed by atoms with E-state index in [4.69, 9.17) is 4.74 Å². The van der Waals surface area contributed by atoms with E-state index in [2.05, 4.69) is 16.0 Å². The van der Waals surface area contributed by atoms with Crippen molar-refractivity contribution in [2.75, 3.05) is 17.2 Å². The molecule has 2 aromatic rings. The lowest BCUT2D eigenvalue weighted by Gasteiger charge is -2.19. The van der Waals surface area contributed by atoms with E-state index in [-0.39, 0.29) is 12.1 Å². The number of ether oxygens (including phenoxy) is 1. The molecule has 0 fully saturated rings. The van der Waals surface area contributed by atoms with Gasteiger partial charge >= 0.3 is 6.09 Å². The first-order valence-corrected chi connectivity index (χ1v) is 8.87. The number of carbonyl (C=O) groups excluding carboxylic acids is 3. The molecule has 0 aromatic heterocycles. The first-order chi connectivity index (χ1) is 13.9. The Labute approximate surface area is 172 Å². The number of aromatic hydroxyl groups is 3. The van der Waals surface area contributed by atoms with Gasteiger partial charge in [-0.1, -0.05) is 0 Å². The van der Waals surface area contributed by atoms with Gasteiger partial charge in [0, 0.05) is 16.9 Å². The van der Waals surface area contributed by atoms with Gasteiger partial charge in [0.05, 0.1) is 0 Å². The van der Waals surface area contributed by atoms with Crippen LogP contribution in [-0.4, -0.2) is 45.4 Å². The summed E-state index contributed by atoms with van der Waals surface area (Å²) < 4.78 is 5.03. The van der Waals surface area contributed by atoms with Gasteiger partial charge in [0.1, 0.15) is 12.1 Å². The molecule has 0 radical (unpaired) electrons. The molecule has 10 heteroatoms. The maximum atomic E-state index is 12.2. The number of amides is 3. The van der Waals surface area contributed by atoms with Gasteiger partial charge in [0.2, 0.25) is 5.91 Å². The maximum Gasteiger partial charge on any atom is 0.408 e. The molecule has 3 amide bonds. The van der Waals surface area contributed by atoms with Gasteiger partial charge in [-0.25, -0.2) is 4.79 Å². The minimum atomic E-state index is -0.715. The number of hydrogen-bond donors (Lipinski definition) is 6. The summed E-state index contributed by atoms with van der Waals surface area (Å²) >= 11 is 0. The van der Waals surface area contributed by atoms with E-state index in [9.17, 15) is 29.7 Å². The van der Waals surface area contributed by atoms with Gasteiger partial charge in [0.25, 0.3) is 5.91 Å².